The van der Waals surface area contributed by atoms with E-state index in [-0.39, 0.29) is 12.0 Å². The van der Waals surface area contributed by atoms with Crippen molar-refractivity contribution in [2.45, 2.75) is 25.9 Å². The van der Waals surface area contributed by atoms with Crippen molar-refractivity contribution in [3.05, 3.63) is 23.7 Å². The van der Waals surface area contributed by atoms with Crippen LogP contribution in [0.4, 0.5) is 0 Å². The molecule has 1 saturated heterocycles. The number of hydrogen-bond donors (Lipinski definition) is 1. The van der Waals surface area contributed by atoms with Crippen molar-refractivity contribution in [2.75, 3.05) is 13.1 Å². The lowest BCUT2D eigenvalue weighted by Gasteiger charge is -2.29. The molecule has 0 unspecified atom stereocenters. The Hall–Kier alpha value is -1.29. The second-order valence-electron chi connectivity index (χ2n) is 3.94. The number of furan rings is 1. The van der Waals surface area contributed by atoms with Crippen LogP contribution in [0.3, 0.4) is 0 Å². The smallest absolute Gasteiger partial charge is 0.257 e. The van der Waals surface area contributed by atoms with E-state index in [2.05, 4.69) is 0 Å². The molecule has 4 heteroatoms. The first-order valence-electron chi connectivity index (χ1n) is 5.20. The van der Waals surface area contributed by atoms with E-state index in [4.69, 9.17) is 4.42 Å². The number of likely N-dealkylation sites (tertiary alicyclic amines) is 1. The molecule has 0 spiro atoms. The highest BCUT2D eigenvalue weighted by molar-refractivity contribution is 5.95. The van der Waals surface area contributed by atoms with Gasteiger partial charge in [0.1, 0.15) is 5.76 Å². The van der Waals surface area contributed by atoms with E-state index < -0.39 is 0 Å². The molecular formula is C11H15NO3. The molecule has 2 rings (SSSR count). The summed E-state index contributed by atoms with van der Waals surface area (Å²) in [6, 6.07) is 1.68. The summed E-state index contributed by atoms with van der Waals surface area (Å²) in [5.74, 6) is 0.597. The van der Waals surface area contributed by atoms with Gasteiger partial charge >= 0.3 is 0 Å². The van der Waals surface area contributed by atoms with Gasteiger partial charge in [-0.2, -0.15) is 0 Å². The third kappa shape index (κ3) is 2.04. The third-order valence-electron chi connectivity index (χ3n) is 2.77. The van der Waals surface area contributed by atoms with E-state index in [1.165, 1.54) is 6.26 Å². The number of carbonyl (C=O) groups excluding carboxylic acids is 1. The first kappa shape index (κ1) is 10.2. The summed E-state index contributed by atoms with van der Waals surface area (Å²) in [7, 11) is 0. The Bertz CT molecular complexity index is 358. The minimum Gasteiger partial charge on any atom is -0.469 e. The average Bonchev–Trinajstić information content (AvgIpc) is 2.63. The number of aryl methyl sites for hydroxylation is 1. The van der Waals surface area contributed by atoms with E-state index in [9.17, 15) is 9.90 Å². The van der Waals surface area contributed by atoms with Crippen LogP contribution in [0.2, 0.25) is 0 Å². The quantitative estimate of drug-likeness (QED) is 0.755. The first-order valence-corrected chi connectivity index (χ1v) is 5.20. The van der Waals surface area contributed by atoms with E-state index in [1.807, 2.05) is 0 Å². The lowest BCUT2D eigenvalue weighted by atomic mass is 10.1. The molecule has 1 fully saturated rings. The summed E-state index contributed by atoms with van der Waals surface area (Å²) >= 11 is 0. The third-order valence-corrected chi connectivity index (χ3v) is 2.77. The lowest BCUT2D eigenvalue weighted by molar-refractivity contribution is 0.0472. The van der Waals surface area contributed by atoms with Crippen LogP contribution in [0.25, 0.3) is 0 Å². The molecule has 1 aromatic rings. The molecule has 15 heavy (non-hydrogen) atoms. The lowest BCUT2D eigenvalue weighted by Crippen LogP contribution is -2.42. The zero-order valence-corrected chi connectivity index (χ0v) is 8.77. The Morgan fingerprint density at radius 3 is 3.07 bits per heavy atom. The Kier molecular flexibility index (Phi) is 2.77. The van der Waals surface area contributed by atoms with Crippen molar-refractivity contribution in [1.29, 1.82) is 0 Å². The standard InChI is InChI=1S/C11H15NO3/c1-8-10(4-6-15-8)11(14)12-5-2-3-9(13)7-12/h4,6,9,13H,2-3,5,7H2,1H3/t9-/m0/s1. The minimum atomic E-state index is -0.380. The van der Waals surface area contributed by atoms with Crippen molar-refractivity contribution in [3.63, 3.8) is 0 Å². The SMILES string of the molecule is Cc1occc1C(=O)N1CCC[C@H](O)C1. The second kappa shape index (κ2) is 4.06. The van der Waals surface area contributed by atoms with Gasteiger partial charge in [0.05, 0.1) is 17.9 Å². The van der Waals surface area contributed by atoms with Crippen LogP contribution in [0.1, 0.15) is 29.0 Å². The predicted octanol–water partition coefficient (Wildman–Crippen LogP) is 1.18. The van der Waals surface area contributed by atoms with Crippen molar-refractivity contribution in [2.24, 2.45) is 0 Å². The summed E-state index contributed by atoms with van der Waals surface area (Å²) in [5, 5.41) is 9.48. The Morgan fingerprint density at radius 1 is 1.67 bits per heavy atom. The van der Waals surface area contributed by atoms with Crippen LogP contribution in [0.15, 0.2) is 16.7 Å². The zero-order valence-electron chi connectivity index (χ0n) is 8.77. The summed E-state index contributed by atoms with van der Waals surface area (Å²) in [6.45, 7) is 2.93. The molecule has 2 heterocycles. The Morgan fingerprint density at radius 2 is 2.47 bits per heavy atom. The number of aliphatic hydroxyl groups excluding tert-OH is 1. The molecule has 1 N–H and O–H groups in total. The van der Waals surface area contributed by atoms with Gasteiger partial charge in [0, 0.05) is 13.1 Å². The van der Waals surface area contributed by atoms with E-state index >= 15 is 0 Å². The predicted molar refractivity (Wildman–Crippen MR) is 54.6 cm³/mol. The fraction of sp³-hybridized carbons (Fsp3) is 0.545. The maximum Gasteiger partial charge on any atom is 0.257 e. The molecule has 1 aliphatic rings. The van der Waals surface area contributed by atoms with Crippen LogP contribution in [0.5, 0.6) is 0 Å². The van der Waals surface area contributed by atoms with Crippen LogP contribution in [-0.4, -0.2) is 35.1 Å². The van der Waals surface area contributed by atoms with Gasteiger partial charge in [0.2, 0.25) is 0 Å². The highest BCUT2D eigenvalue weighted by atomic mass is 16.3. The van der Waals surface area contributed by atoms with Crippen LogP contribution in [0, 0.1) is 6.92 Å². The number of rotatable bonds is 1. The molecule has 4 nitrogen and oxygen atoms in total. The molecule has 0 radical (unpaired) electrons. The number of hydrogen-bond acceptors (Lipinski definition) is 3. The molecule has 0 saturated carbocycles. The molecule has 82 valence electrons. The maximum atomic E-state index is 12.0. The summed E-state index contributed by atoms with van der Waals surface area (Å²) in [5.41, 5.74) is 0.601. The summed E-state index contributed by atoms with van der Waals surface area (Å²) in [6.07, 6.45) is 2.79. The molecule has 0 aliphatic carbocycles. The van der Waals surface area contributed by atoms with Crippen LogP contribution < -0.4 is 0 Å². The molecule has 1 amide bonds. The van der Waals surface area contributed by atoms with Gasteiger partial charge in [0.25, 0.3) is 5.91 Å². The second-order valence-corrected chi connectivity index (χ2v) is 3.94. The van der Waals surface area contributed by atoms with Gasteiger partial charge < -0.3 is 14.4 Å². The summed E-state index contributed by atoms with van der Waals surface area (Å²) < 4.78 is 5.09. The molecule has 0 bridgehead atoms. The van der Waals surface area contributed by atoms with Gasteiger partial charge in [-0.25, -0.2) is 0 Å². The highest BCUT2D eigenvalue weighted by Gasteiger charge is 2.24. The fourth-order valence-electron chi connectivity index (χ4n) is 1.92. The van der Waals surface area contributed by atoms with Gasteiger partial charge in [0.15, 0.2) is 0 Å². The maximum absolute atomic E-state index is 12.0. The number of aliphatic hydroxyl groups is 1. The largest absolute Gasteiger partial charge is 0.469 e. The Balaban J connectivity index is 2.11. The number of nitrogens with zero attached hydrogens (tertiary/aromatic N) is 1. The van der Waals surface area contributed by atoms with E-state index in [1.54, 1.807) is 17.9 Å². The first-order chi connectivity index (χ1) is 7.18. The summed E-state index contributed by atoms with van der Waals surface area (Å²) in [4.78, 5) is 13.7. The van der Waals surface area contributed by atoms with Gasteiger partial charge in [-0.15, -0.1) is 0 Å². The number of carbonyl (C=O) groups is 1. The topological polar surface area (TPSA) is 53.7 Å². The molecule has 0 aromatic carbocycles. The molecule has 1 atom stereocenters. The van der Waals surface area contributed by atoms with Gasteiger partial charge in [-0.3, -0.25) is 4.79 Å². The van der Waals surface area contributed by atoms with Crippen LogP contribution in [-0.2, 0) is 0 Å². The number of β-amino-alcohol motifs (C(OH)–C–C–N with tert-alkyl or cyclic N) is 1. The number of amides is 1. The van der Waals surface area contributed by atoms with E-state index in [0.717, 1.165) is 19.4 Å². The van der Waals surface area contributed by atoms with Crippen molar-refractivity contribution >= 4 is 5.91 Å². The fourth-order valence-corrected chi connectivity index (χ4v) is 1.92. The van der Waals surface area contributed by atoms with Crippen LogP contribution >= 0.6 is 0 Å². The van der Waals surface area contributed by atoms with Crippen molar-refractivity contribution in [1.82, 2.24) is 4.90 Å². The van der Waals surface area contributed by atoms with E-state index in [0.29, 0.717) is 17.9 Å². The normalized spacial score (nSPS) is 21.7. The monoisotopic (exact) mass is 209 g/mol. The average molecular weight is 209 g/mol. The minimum absolute atomic E-state index is 0.0417. The van der Waals surface area contributed by atoms with Crippen molar-refractivity contribution < 1.29 is 14.3 Å². The zero-order chi connectivity index (χ0) is 10.8. The van der Waals surface area contributed by atoms with Crippen molar-refractivity contribution in [3.8, 4) is 0 Å². The van der Waals surface area contributed by atoms with Gasteiger partial charge in [-0.1, -0.05) is 0 Å². The molecule has 1 aromatic heterocycles. The molecular weight excluding hydrogens is 194 g/mol. The van der Waals surface area contributed by atoms with Gasteiger partial charge in [-0.05, 0) is 25.8 Å². The highest BCUT2D eigenvalue weighted by Crippen LogP contribution is 2.16. The Labute approximate surface area is 88.5 Å². The number of piperidine rings is 1. The molecule has 1 aliphatic heterocycles.